The smallest absolute Gasteiger partial charge is 0.171 e. The van der Waals surface area contributed by atoms with Gasteiger partial charge in [-0.15, -0.1) is 0 Å². The van der Waals surface area contributed by atoms with Crippen molar-refractivity contribution in [1.29, 1.82) is 0 Å². The molecule has 116 valence electrons. The van der Waals surface area contributed by atoms with Gasteiger partial charge in [-0.3, -0.25) is 0 Å². The van der Waals surface area contributed by atoms with Crippen molar-refractivity contribution in [2.45, 2.75) is 26.3 Å². The van der Waals surface area contributed by atoms with Crippen LogP contribution >= 0.6 is 12.2 Å². The van der Waals surface area contributed by atoms with Crippen LogP contribution in [0.4, 0.5) is 5.69 Å². The van der Waals surface area contributed by atoms with E-state index < -0.39 is 0 Å². The lowest BCUT2D eigenvalue weighted by atomic mass is 10.1. The minimum atomic E-state index is 0.150. The van der Waals surface area contributed by atoms with Gasteiger partial charge < -0.3 is 15.4 Å². The van der Waals surface area contributed by atoms with E-state index in [9.17, 15) is 0 Å². The molecule has 0 fully saturated rings. The zero-order valence-corrected chi connectivity index (χ0v) is 14.0. The SMILES string of the molecule is CCc1ccc([C@H](C)NC(=S)Nc2cccc(OC)c2)cc1. The number of anilines is 1. The van der Waals surface area contributed by atoms with Crippen molar-refractivity contribution in [2.24, 2.45) is 0 Å². The van der Waals surface area contributed by atoms with Crippen LogP contribution in [-0.2, 0) is 6.42 Å². The van der Waals surface area contributed by atoms with Gasteiger partial charge in [0.1, 0.15) is 5.75 Å². The van der Waals surface area contributed by atoms with Crippen molar-refractivity contribution in [3.63, 3.8) is 0 Å². The van der Waals surface area contributed by atoms with Crippen molar-refractivity contribution in [2.75, 3.05) is 12.4 Å². The molecule has 2 aromatic rings. The topological polar surface area (TPSA) is 33.3 Å². The maximum Gasteiger partial charge on any atom is 0.171 e. The average Bonchev–Trinajstić information content (AvgIpc) is 2.55. The van der Waals surface area contributed by atoms with Gasteiger partial charge in [0.15, 0.2) is 5.11 Å². The summed E-state index contributed by atoms with van der Waals surface area (Å²) in [6.45, 7) is 4.25. The lowest BCUT2D eigenvalue weighted by Gasteiger charge is -2.18. The number of hydrogen-bond donors (Lipinski definition) is 2. The molecule has 0 saturated carbocycles. The summed E-state index contributed by atoms with van der Waals surface area (Å²) in [4.78, 5) is 0. The zero-order chi connectivity index (χ0) is 15.9. The second-order valence-electron chi connectivity index (χ2n) is 5.15. The summed E-state index contributed by atoms with van der Waals surface area (Å²) >= 11 is 5.38. The van der Waals surface area contributed by atoms with Crippen molar-refractivity contribution < 1.29 is 4.74 Å². The van der Waals surface area contributed by atoms with Crippen LogP contribution in [0, 0.1) is 0 Å². The van der Waals surface area contributed by atoms with E-state index in [2.05, 4.69) is 48.7 Å². The van der Waals surface area contributed by atoms with Gasteiger partial charge in [-0.2, -0.15) is 0 Å². The molecule has 0 radical (unpaired) electrons. The van der Waals surface area contributed by atoms with Crippen molar-refractivity contribution in [1.82, 2.24) is 5.32 Å². The number of methoxy groups -OCH3 is 1. The molecule has 1 atom stereocenters. The van der Waals surface area contributed by atoms with Crippen molar-refractivity contribution in [3.05, 3.63) is 59.7 Å². The zero-order valence-electron chi connectivity index (χ0n) is 13.2. The largest absolute Gasteiger partial charge is 0.497 e. The van der Waals surface area contributed by atoms with E-state index in [-0.39, 0.29) is 6.04 Å². The Balaban J connectivity index is 1.95. The minimum absolute atomic E-state index is 0.150. The van der Waals surface area contributed by atoms with E-state index in [0.29, 0.717) is 5.11 Å². The first-order valence-corrected chi connectivity index (χ1v) is 7.83. The molecule has 0 aliphatic heterocycles. The second-order valence-corrected chi connectivity index (χ2v) is 5.56. The van der Waals surface area contributed by atoms with Crippen LogP contribution in [0.2, 0.25) is 0 Å². The number of hydrogen-bond acceptors (Lipinski definition) is 2. The van der Waals surface area contributed by atoms with Crippen molar-refractivity contribution in [3.8, 4) is 5.75 Å². The summed E-state index contributed by atoms with van der Waals surface area (Å²) < 4.78 is 5.20. The molecule has 2 rings (SSSR count). The monoisotopic (exact) mass is 314 g/mol. The number of thiocarbonyl (C=S) groups is 1. The van der Waals surface area contributed by atoms with Gasteiger partial charge in [0.25, 0.3) is 0 Å². The number of benzene rings is 2. The van der Waals surface area contributed by atoms with Gasteiger partial charge in [-0.25, -0.2) is 0 Å². The van der Waals surface area contributed by atoms with Gasteiger partial charge in [0.05, 0.1) is 13.2 Å². The highest BCUT2D eigenvalue weighted by atomic mass is 32.1. The highest BCUT2D eigenvalue weighted by Crippen LogP contribution is 2.18. The maximum absolute atomic E-state index is 5.38. The maximum atomic E-state index is 5.38. The van der Waals surface area contributed by atoms with Crippen molar-refractivity contribution >= 4 is 23.0 Å². The number of aryl methyl sites for hydroxylation is 1. The van der Waals surface area contributed by atoms with E-state index in [1.54, 1.807) is 7.11 Å². The molecule has 22 heavy (non-hydrogen) atoms. The third kappa shape index (κ3) is 4.46. The molecule has 2 aromatic carbocycles. The highest BCUT2D eigenvalue weighted by Gasteiger charge is 2.07. The normalized spacial score (nSPS) is 11.6. The summed E-state index contributed by atoms with van der Waals surface area (Å²) in [6, 6.07) is 16.5. The molecule has 0 heterocycles. The molecule has 0 amide bonds. The number of nitrogens with one attached hydrogen (secondary N) is 2. The number of rotatable bonds is 5. The Hall–Kier alpha value is -2.07. The summed E-state index contributed by atoms with van der Waals surface area (Å²) in [5, 5.41) is 7.08. The van der Waals surface area contributed by atoms with Crippen LogP contribution in [0.15, 0.2) is 48.5 Å². The van der Waals surface area contributed by atoms with Crippen LogP contribution in [-0.4, -0.2) is 12.2 Å². The van der Waals surface area contributed by atoms with E-state index in [1.165, 1.54) is 11.1 Å². The fraction of sp³-hybridized carbons (Fsp3) is 0.278. The van der Waals surface area contributed by atoms with Crippen LogP contribution in [0.1, 0.15) is 31.0 Å². The van der Waals surface area contributed by atoms with E-state index in [4.69, 9.17) is 17.0 Å². The Morgan fingerprint density at radius 2 is 1.91 bits per heavy atom. The standard InChI is InChI=1S/C18H22N2OS/c1-4-14-8-10-15(11-9-14)13(2)19-18(22)20-16-6-5-7-17(12-16)21-3/h5-13H,4H2,1-3H3,(H2,19,20,22)/t13-/m0/s1. The molecule has 0 bridgehead atoms. The molecule has 4 heteroatoms. The Morgan fingerprint density at radius 3 is 2.55 bits per heavy atom. The Morgan fingerprint density at radius 1 is 1.18 bits per heavy atom. The van der Waals surface area contributed by atoms with E-state index in [0.717, 1.165) is 17.9 Å². The molecule has 2 N–H and O–H groups in total. The molecule has 0 aromatic heterocycles. The minimum Gasteiger partial charge on any atom is -0.497 e. The molecule has 0 spiro atoms. The van der Waals surface area contributed by atoms with Gasteiger partial charge in [-0.05, 0) is 48.8 Å². The Labute approximate surface area is 137 Å². The summed E-state index contributed by atoms with van der Waals surface area (Å²) in [6.07, 6.45) is 1.05. The molecule has 0 aliphatic carbocycles. The predicted molar refractivity (Wildman–Crippen MR) is 96.6 cm³/mol. The van der Waals surface area contributed by atoms with Crippen LogP contribution < -0.4 is 15.4 Å². The molecular formula is C18H22N2OS. The van der Waals surface area contributed by atoms with E-state index >= 15 is 0 Å². The van der Waals surface area contributed by atoms with Gasteiger partial charge in [-0.1, -0.05) is 37.3 Å². The van der Waals surface area contributed by atoms with Gasteiger partial charge >= 0.3 is 0 Å². The Kier molecular flexibility index (Phi) is 5.78. The first-order chi connectivity index (χ1) is 10.6. The van der Waals surface area contributed by atoms with Gasteiger partial charge in [0.2, 0.25) is 0 Å². The second kappa shape index (κ2) is 7.80. The van der Waals surface area contributed by atoms with Gasteiger partial charge in [0, 0.05) is 11.8 Å². The molecule has 0 unspecified atom stereocenters. The quantitative estimate of drug-likeness (QED) is 0.806. The molecular weight excluding hydrogens is 292 g/mol. The van der Waals surface area contributed by atoms with Crippen LogP contribution in [0.3, 0.4) is 0 Å². The number of ether oxygens (including phenoxy) is 1. The lowest BCUT2D eigenvalue weighted by molar-refractivity contribution is 0.415. The first-order valence-electron chi connectivity index (χ1n) is 7.42. The summed E-state index contributed by atoms with van der Waals surface area (Å²) in [5.41, 5.74) is 3.46. The third-order valence-electron chi connectivity index (χ3n) is 3.56. The predicted octanol–water partition coefficient (Wildman–Crippen LogP) is 4.31. The molecule has 0 aliphatic rings. The Bertz CT molecular complexity index is 625. The third-order valence-corrected chi connectivity index (χ3v) is 3.78. The molecule has 3 nitrogen and oxygen atoms in total. The highest BCUT2D eigenvalue weighted by molar-refractivity contribution is 7.80. The summed E-state index contributed by atoms with van der Waals surface area (Å²) in [7, 11) is 1.65. The average molecular weight is 314 g/mol. The van der Waals surface area contributed by atoms with Crippen LogP contribution in [0.5, 0.6) is 5.75 Å². The van der Waals surface area contributed by atoms with E-state index in [1.807, 2.05) is 24.3 Å². The lowest BCUT2D eigenvalue weighted by Crippen LogP contribution is -2.30. The first kappa shape index (κ1) is 16.3. The summed E-state index contributed by atoms with van der Waals surface area (Å²) in [5.74, 6) is 0.802. The fourth-order valence-corrected chi connectivity index (χ4v) is 2.48. The molecule has 0 saturated heterocycles. The van der Waals surface area contributed by atoms with Crippen LogP contribution in [0.25, 0.3) is 0 Å². The fourth-order valence-electron chi connectivity index (χ4n) is 2.19.